The zero-order valence-electron chi connectivity index (χ0n) is 15.2. The van der Waals surface area contributed by atoms with Crippen molar-refractivity contribution in [3.8, 4) is 0 Å². The average molecular weight is 357 g/mol. The minimum atomic E-state index is -0.373. The van der Waals surface area contributed by atoms with Crippen LogP contribution in [0.5, 0.6) is 0 Å². The van der Waals surface area contributed by atoms with Crippen molar-refractivity contribution in [2.45, 2.75) is 26.7 Å². The van der Waals surface area contributed by atoms with Crippen LogP contribution in [0.3, 0.4) is 0 Å². The van der Waals surface area contributed by atoms with Gasteiger partial charge in [-0.15, -0.1) is 0 Å². The van der Waals surface area contributed by atoms with Crippen LogP contribution in [0.4, 0.5) is 16.0 Å². The summed E-state index contributed by atoms with van der Waals surface area (Å²) in [5.41, 5.74) is 0.846. The molecule has 0 aliphatic carbocycles. The molecular formula is C19H24FN5O. The van der Waals surface area contributed by atoms with E-state index in [0.717, 1.165) is 30.5 Å². The number of halogens is 1. The SMILES string of the molecule is Cc1nc(NCCNC(=O)c2ccc(C)c(F)c2)cc(N2CCCC2)n1. The van der Waals surface area contributed by atoms with Gasteiger partial charge in [0.05, 0.1) is 0 Å². The van der Waals surface area contributed by atoms with E-state index in [1.807, 2.05) is 13.0 Å². The predicted molar refractivity (Wildman–Crippen MR) is 100 cm³/mol. The van der Waals surface area contributed by atoms with E-state index in [0.29, 0.717) is 24.2 Å². The Balaban J connectivity index is 1.51. The van der Waals surface area contributed by atoms with Crippen LogP contribution in [0, 0.1) is 19.7 Å². The van der Waals surface area contributed by atoms with Crippen molar-refractivity contribution in [2.24, 2.45) is 0 Å². The van der Waals surface area contributed by atoms with Crippen LogP contribution in [0.25, 0.3) is 0 Å². The fourth-order valence-electron chi connectivity index (χ4n) is 2.95. The van der Waals surface area contributed by atoms with Gasteiger partial charge in [-0.2, -0.15) is 0 Å². The molecule has 26 heavy (non-hydrogen) atoms. The molecular weight excluding hydrogens is 333 g/mol. The summed E-state index contributed by atoms with van der Waals surface area (Å²) < 4.78 is 13.5. The van der Waals surface area contributed by atoms with Crippen molar-refractivity contribution in [1.82, 2.24) is 15.3 Å². The van der Waals surface area contributed by atoms with Crippen molar-refractivity contribution in [3.05, 3.63) is 47.0 Å². The lowest BCUT2D eigenvalue weighted by atomic mass is 10.1. The number of aryl methyl sites for hydroxylation is 2. The molecule has 2 heterocycles. The molecule has 0 unspecified atom stereocenters. The molecule has 1 aliphatic heterocycles. The number of anilines is 2. The van der Waals surface area contributed by atoms with Gasteiger partial charge in [-0.25, -0.2) is 14.4 Å². The first-order valence-electron chi connectivity index (χ1n) is 8.92. The van der Waals surface area contributed by atoms with Gasteiger partial charge in [-0.1, -0.05) is 6.07 Å². The van der Waals surface area contributed by atoms with E-state index >= 15 is 0 Å². The molecule has 0 spiro atoms. The minimum Gasteiger partial charge on any atom is -0.368 e. The number of amides is 1. The van der Waals surface area contributed by atoms with Crippen molar-refractivity contribution in [3.63, 3.8) is 0 Å². The maximum atomic E-state index is 13.5. The summed E-state index contributed by atoms with van der Waals surface area (Å²) >= 11 is 0. The molecule has 0 bridgehead atoms. The van der Waals surface area contributed by atoms with Gasteiger partial charge in [-0.05, 0) is 44.4 Å². The highest BCUT2D eigenvalue weighted by molar-refractivity contribution is 5.94. The zero-order valence-corrected chi connectivity index (χ0v) is 15.2. The number of benzene rings is 1. The smallest absolute Gasteiger partial charge is 0.251 e. The summed E-state index contributed by atoms with van der Waals surface area (Å²) in [5.74, 6) is 1.74. The molecule has 0 saturated carbocycles. The largest absolute Gasteiger partial charge is 0.368 e. The summed E-state index contributed by atoms with van der Waals surface area (Å²) in [4.78, 5) is 23.2. The molecule has 1 fully saturated rings. The molecule has 1 aromatic heterocycles. The van der Waals surface area contributed by atoms with E-state index in [2.05, 4.69) is 25.5 Å². The molecule has 138 valence electrons. The van der Waals surface area contributed by atoms with Crippen molar-refractivity contribution >= 4 is 17.5 Å². The number of nitrogens with one attached hydrogen (secondary N) is 2. The third-order valence-corrected chi connectivity index (χ3v) is 4.41. The summed E-state index contributed by atoms with van der Waals surface area (Å²) in [5, 5.41) is 5.99. The number of hydrogen-bond donors (Lipinski definition) is 2. The number of nitrogens with zero attached hydrogens (tertiary/aromatic N) is 3. The van der Waals surface area contributed by atoms with Crippen LogP contribution in [0.1, 0.15) is 34.6 Å². The molecule has 3 rings (SSSR count). The number of rotatable bonds is 6. The second-order valence-electron chi connectivity index (χ2n) is 6.50. The first-order chi connectivity index (χ1) is 12.5. The molecule has 2 N–H and O–H groups in total. The van der Waals surface area contributed by atoms with Crippen LogP contribution in [-0.4, -0.2) is 42.1 Å². The van der Waals surface area contributed by atoms with Gasteiger partial charge >= 0.3 is 0 Å². The van der Waals surface area contributed by atoms with Crippen LogP contribution in [0.15, 0.2) is 24.3 Å². The summed E-state index contributed by atoms with van der Waals surface area (Å²) in [7, 11) is 0. The highest BCUT2D eigenvalue weighted by Gasteiger charge is 2.15. The Hall–Kier alpha value is -2.70. The van der Waals surface area contributed by atoms with E-state index in [1.54, 1.807) is 19.1 Å². The monoisotopic (exact) mass is 357 g/mol. The van der Waals surface area contributed by atoms with Gasteiger partial charge < -0.3 is 15.5 Å². The third kappa shape index (κ3) is 4.47. The van der Waals surface area contributed by atoms with E-state index in [1.165, 1.54) is 18.9 Å². The number of aromatic nitrogens is 2. The van der Waals surface area contributed by atoms with Gasteiger partial charge in [0, 0.05) is 37.8 Å². The lowest BCUT2D eigenvalue weighted by molar-refractivity contribution is 0.0954. The highest BCUT2D eigenvalue weighted by atomic mass is 19.1. The minimum absolute atomic E-state index is 0.290. The first kappa shape index (κ1) is 18.1. The van der Waals surface area contributed by atoms with Crippen molar-refractivity contribution in [1.29, 1.82) is 0 Å². The van der Waals surface area contributed by atoms with Crippen molar-refractivity contribution < 1.29 is 9.18 Å². The lowest BCUT2D eigenvalue weighted by Gasteiger charge is -2.17. The number of carbonyl (C=O) groups is 1. The van der Waals surface area contributed by atoms with Crippen molar-refractivity contribution in [2.75, 3.05) is 36.4 Å². The molecule has 0 atom stereocenters. The van der Waals surface area contributed by atoms with Gasteiger partial charge in [0.25, 0.3) is 5.91 Å². The van der Waals surface area contributed by atoms with E-state index in [4.69, 9.17) is 0 Å². The summed E-state index contributed by atoms with van der Waals surface area (Å²) in [6.07, 6.45) is 2.38. The molecule has 1 amide bonds. The van der Waals surface area contributed by atoms with E-state index in [-0.39, 0.29) is 11.7 Å². The third-order valence-electron chi connectivity index (χ3n) is 4.41. The summed E-state index contributed by atoms with van der Waals surface area (Å²) in [6, 6.07) is 6.42. The molecule has 6 nitrogen and oxygen atoms in total. The standard InChI is InChI=1S/C19H24FN5O/c1-13-5-6-15(11-16(13)20)19(26)22-8-7-21-17-12-18(24-14(2)23-17)25-9-3-4-10-25/h5-6,11-12H,3-4,7-10H2,1-2H3,(H,22,26)(H,21,23,24). The Bertz CT molecular complexity index is 789. The van der Waals surface area contributed by atoms with Gasteiger partial charge in [-0.3, -0.25) is 4.79 Å². The average Bonchev–Trinajstić information content (AvgIpc) is 3.15. The van der Waals surface area contributed by atoms with E-state index < -0.39 is 0 Å². The van der Waals surface area contributed by atoms with Gasteiger partial charge in [0.2, 0.25) is 0 Å². The Kier molecular flexibility index (Phi) is 5.65. The molecule has 7 heteroatoms. The summed E-state index contributed by atoms with van der Waals surface area (Å²) in [6.45, 7) is 6.53. The highest BCUT2D eigenvalue weighted by Crippen LogP contribution is 2.20. The predicted octanol–water partition coefficient (Wildman–Crippen LogP) is 2.67. The fraction of sp³-hybridized carbons (Fsp3) is 0.421. The molecule has 1 aromatic carbocycles. The van der Waals surface area contributed by atoms with Crippen LogP contribution in [-0.2, 0) is 0 Å². The second kappa shape index (κ2) is 8.12. The van der Waals surface area contributed by atoms with Gasteiger partial charge in [0.15, 0.2) is 0 Å². The lowest BCUT2D eigenvalue weighted by Crippen LogP contribution is -2.29. The van der Waals surface area contributed by atoms with Crippen LogP contribution < -0.4 is 15.5 Å². The quantitative estimate of drug-likeness (QED) is 0.778. The molecule has 1 aliphatic rings. The number of carbonyl (C=O) groups excluding carboxylic acids is 1. The topological polar surface area (TPSA) is 70.2 Å². The molecule has 0 radical (unpaired) electrons. The maximum Gasteiger partial charge on any atom is 0.251 e. The van der Waals surface area contributed by atoms with Gasteiger partial charge in [0.1, 0.15) is 23.3 Å². The molecule has 2 aromatic rings. The first-order valence-corrected chi connectivity index (χ1v) is 8.92. The number of hydrogen-bond acceptors (Lipinski definition) is 5. The second-order valence-corrected chi connectivity index (χ2v) is 6.50. The zero-order chi connectivity index (χ0) is 18.5. The molecule has 1 saturated heterocycles. The van der Waals surface area contributed by atoms with Crippen LogP contribution >= 0.6 is 0 Å². The maximum absolute atomic E-state index is 13.5. The van der Waals surface area contributed by atoms with E-state index in [9.17, 15) is 9.18 Å². The van der Waals surface area contributed by atoms with Crippen LogP contribution in [0.2, 0.25) is 0 Å². The fourth-order valence-corrected chi connectivity index (χ4v) is 2.95. The Morgan fingerprint density at radius 1 is 1.15 bits per heavy atom. The normalized spacial score (nSPS) is 13.7. The Morgan fingerprint density at radius 3 is 2.65 bits per heavy atom. The Labute approximate surface area is 152 Å². The Morgan fingerprint density at radius 2 is 1.92 bits per heavy atom.